The minimum atomic E-state index is -0.743. The minimum Gasteiger partial charge on any atom is -0.383 e. The predicted molar refractivity (Wildman–Crippen MR) is 78.8 cm³/mol. The number of amides is 1. The molecule has 1 atom stereocenters. The maximum Gasteiger partial charge on any atom is 0.245 e. The number of nitrogens with zero attached hydrogens (tertiary/aromatic N) is 2. The maximum absolute atomic E-state index is 11.7. The van der Waals surface area contributed by atoms with Gasteiger partial charge in [-0.25, -0.2) is 0 Å². The summed E-state index contributed by atoms with van der Waals surface area (Å²) in [5.41, 5.74) is 6.39. The molecule has 0 saturated heterocycles. The molecule has 1 unspecified atom stereocenters. The molecule has 0 saturated carbocycles. The van der Waals surface area contributed by atoms with Gasteiger partial charge in [0.2, 0.25) is 11.0 Å². The molecule has 8 heteroatoms. The van der Waals surface area contributed by atoms with Crippen molar-refractivity contribution in [1.82, 2.24) is 10.2 Å². The van der Waals surface area contributed by atoms with Crippen LogP contribution in [-0.4, -0.2) is 35.9 Å². The Bertz CT molecular complexity index is 605. The molecule has 1 amide bonds. The number of nitrogens with one attached hydrogen (secondary N) is 1. The van der Waals surface area contributed by atoms with E-state index in [1.54, 1.807) is 6.07 Å². The van der Waals surface area contributed by atoms with E-state index in [0.29, 0.717) is 15.2 Å². The molecule has 20 heavy (non-hydrogen) atoms. The van der Waals surface area contributed by atoms with Gasteiger partial charge in [-0.15, -0.1) is 10.2 Å². The van der Waals surface area contributed by atoms with Crippen molar-refractivity contribution in [2.75, 3.05) is 19.0 Å². The Morgan fingerprint density at radius 1 is 1.50 bits per heavy atom. The molecule has 0 spiro atoms. The molecule has 0 radical (unpaired) electrons. The maximum atomic E-state index is 11.7. The van der Waals surface area contributed by atoms with Crippen molar-refractivity contribution in [3.63, 3.8) is 0 Å². The highest BCUT2D eigenvalue weighted by atomic mass is 35.5. The zero-order chi connectivity index (χ0) is 14.5. The van der Waals surface area contributed by atoms with Gasteiger partial charge in [0.05, 0.1) is 11.6 Å². The van der Waals surface area contributed by atoms with E-state index in [2.05, 4.69) is 15.5 Å². The van der Waals surface area contributed by atoms with Crippen LogP contribution < -0.4 is 11.1 Å². The normalized spacial score (nSPS) is 12.2. The van der Waals surface area contributed by atoms with Crippen LogP contribution in [0.4, 0.5) is 5.13 Å². The summed E-state index contributed by atoms with van der Waals surface area (Å²) >= 11 is 7.31. The lowest BCUT2D eigenvalue weighted by Crippen LogP contribution is -2.39. The van der Waals surface area contributed by atoms with Crippen molar-refractivity contribution < 1.29 is 9.53 Å². The molecule has 0 bridgehead atoms. The Morgan fingerprint density at radius 2 is 2.25 bits per heavy atom. The molecule has 0 aliphatic carbocycles. The number of anilines is 1. The van der Waals surface area contributed by atoms with Crippen molar-refractivity contribution in [1.29, 1.82) is 0 Å². The van der Waals surface area contributed by atoms with Gasteiger partial charge in [-0.2, -0.15) is 0 Å². The van der Waals surface area contributed by atoms with E-state index >= 15 is 0 Å². The SMILES string of the molecule is COCC(N)C(=O)Nc1nnc(-c2ccccc2Cl)s1. The van der Waals surface area contributed by atoms with Crippen LogP contribution in [0.25, 0.3) is 10.6 Å². The van der Waals surface area contributed by atoms with E-state index in [1.165, 1.54) is 18.4 Å². The zero-order valence-corrected chi connectivity index (χ0v) is 12.2. The molecule has 1 aromatic carbocycles. The summed E-state index contributed by atoms with van der Waals surface area (Å²) in [7, 11) is 1.48. The van der Waals surface area contributed by atoms with Crippen LogP contribution >= 0.6 is 22.9 Å². The number of rotatable bonds is 5. The fourth-order valence-corrected chi connectivity index (χ4v) is 2.54. The monoisotopic (exact) mass is 312 g/mol. The van der Waals surface area contributed by atoms with Gasteiger partial charge in [0.25, 0.3) is 0 Å². The van der Waals surface area contributed by atoms with E-state index in [-0.39, 0.29) is 12.5 Å². The Balaban J connectivity index is 2.10. The third kappa shape index (κ3) is 3.51. The lowest BCUT2D eigenvalue weighted by Gasteiger charge is -2.08. The third-order valence-corrected chi connectivity index (χ3v) is 3.64. The van der Waals surface area contributed by atoms with E-state index in [1.807, 2.05) is 18.2 Å². The molecule has 1 heterocycles. The van der Waals surface area contributed by atoms with Gasteiger partial charge >= 0.3 is 0 Å². The quantitative estimate of drug-likeness (QED) is 0.878. The van der Waals surface area contributed by atoms with Crippen LogP contribution in [0.3, 0.4) is 0 Å². The van der Waals surface area contributed by atoms with Crippen LogP contribution in [0, 0.1) is 0 Å². The Hall–Kier alpha value is -1.54. The number of benzene rings is 1. The first-order chi connectivity index (χ1) is 9.61. The van der Waals surface area contributed by atoms with Crippen molar-refractivity contribution in [2.45, 2.75) is 6.04 Å². The molecule has 0 fully saturated rings. The topological polar surface area (TPSA) is 90.1 Å². The van der Waals surface area contributed by atoms with Crippen LogP contribution in [0.5, 0.6) is 0 Å². The molecule has 106 valence electrons. The van der Waals surface area contributed by atoms with Gasteiger partial charge in [-0.3, -0.25) is 10.1 Å². The highest BCUT2D eigenvalue weighted by molar-refractivity contribution is 7.18. The first kappa shape index (κ1) is 14.9. The van der Waals surface area contributed by atoms with Gasteiger partial charge in [0.1, 0.15) is 6.04 Å². The van der Waals surface area contributed by atoms with Gasteiger partial charge in [-0.05, 0) is 6.07 Å². The Kier molecular flexibility index (Phi) is 5.02. The number of halogens is 1. The molecular formula is C12H13ClN4O2S. The van der Waals surface area contributed by atoms with E-state index in [0.717, 1.165) is 5.56 Å². The first-order valence-corrected chi connectivity index (χ1v) is 6.95. The summed E-state index contributed by atoms with van der Waals surface area (Å²) in [6.45, 7) is 0.141. The first-order valence-electron chi connectivity index (χ1n) is 5.75. The van der Waals surface area contributed by atoms with Crippen molar-refractivity contribution in [3.05, 3.63) is 29.3 Å². The predicted octanol–water partition coefficient (Wildman–Crippen LogP) is 1.77. The van der Waals surface area contributed by atoms with Crippen molar-refractivity contribution in [2.24, 2.45) is 5.73 Å². The van der Waals surface area contributed by atoms with Gasteiger partial charge in [-0.1, -0.05) is 41.1 Å². The average Bonchev–Trinajstić information content (AvgIpc) is 2.87. The minimum absolute atomic E-state index is 0.141. The van der Waals surface area contributed by atoms with E-state index in [9.17, 15) is 4.79 Å². The molecule has 1 aromatic heterocycles. The average molecular weight is 313 g/mol. The number of ether oxygens (including phenoxy) is 1. The molecule has 2 rings (SSSR count). The molecule has 0 aliphatic rings. The summed E-state index contributed by atoms with van der Waals surface area (Å²) in [6.07, 6.45) is 0. The standard InChI is InChI=1S/C12H13ClN4O2S/c1-19-6-9(14)10(18)15-12-17-16-11(20-12)7-4-2-3-5-8(7)13/h2-5,9H,6,14H2,1H3,(H,15,17,18). The number of aromatic nitrogens is 2. The fraction of sp³-hybridized carbons (Fsp3) is 0.250. The van der Waals surface area contributed by atoms with Crippen LogP contribution in [-0.2, 0) is 9.53 Å². The lowest BCUT2D eigenvalue weighted by molar-refractivity contribution is -0.118. The van der Waals surface area contributed by atoms with Crippen LogP contribution in [0.2, 0.25) is 5.02 Å². The Labute approximate surface area is 124 Å². The molecular weight excluding hydrogens is 300 g/mol. The highest BCUT2D eigenvalue weighted by Gasteiger charge is 2.16. The number of carbonyl (C=O) groups excluding carboxylic acids is 1. The van der Waals surface area contributed by atoms with Crippen molar-refractivity contribution in [3.8, 4) is 10.6 Å². The number of carbonyl (C=O) groups is 1. The molecule has 3 N–H and O–H groups in total. The van der Waals surface area contributed by atoms with Gasteiger partial charge < -0.3 is 10.5 Å². The van der Waals surface area contributed by atoms with E-state index < -0.39 is 6.04 Å². The van der Waals surface area contributed by atoms with Crippen LogP contribution in [0.1, 0.15) is 0 Å². The van der Waals surface area contributed by atoms with Crippen LogP contribution in [0.15, 0.2) is 24.3 Å². The lowest BCUT2D eigenvalue weighted by atomic mass is 10.2. The number of methoxy groups -OCH3 is 1. The smallest absolute Gasteiger partial charge is 0.245 e. The largest absolute Gasteiger partial charge is 0.383 e. The molecule has 2 aromatic rings. The summed E-state index contributed by atoms with van der Waals surface area (Å²) in [4.78, 5) is 11.7. The third-order valence-electron chi connectivity index (χ3n) is 2.44. The van der Waals surface area contributed by atoms with Crippen molar-refractivity contribution >= 4 is 34.0 Å². The second kappa shape index (κ2) is 6.76. The number of nitrogens with two attached hydrogens (primary N) is 1. The summed E-state index contributed by atoms with van der Waals surface area (Å²) < 4.78 is 4.82. The second-order valence-corrected chi connectivity index (χ2v) is 5.33. The zero-order valence-electron chi connectivity index (χ0n) is 10.7. The Morgan fingerprint density at radius 3 is 2.95 bits per heavy atom. The number of hydrogen-bond acceptors (Lipinski definition) is 6. The number of hydrogen-bond donors (Lipinski definition) is 2. The highest BCUT2D eigenvalue weighted by Crippen LogP contribution is 2.31. The second-order valence-electron chi connectivity index (χ2n) is 3.94. The summed E-state index contributed by atoms with van der Waals surface area (Å²) in [5.74, 6) is -0.367. The fourth-order valence-electron chi connectivity index (χ4n) is 1.47. The summed E-state index contributed by atoms with van der Waals surface area (Å²) in [5, 5.41) is 12.1. The van der Waals surface area contributed by atoms with Gasteiger partial charge in [0.15, 0.2) is 5.01 Å². The molecule has 6 nitrogen and oxygen atoms in total. The van der Waals surface area contributed by atoms with E-state index in [4.69, 9.17) is 22.1 Å². The summed E-state index contributed by atoms with van der Waals surface area (Å²) in [6, 6.07) is 6.55. The molecule has 0 aliphatic heterocycles. The van der Waals surface area contributed by atoms with Gasteiger partial charge in [0, 0.05) is 12.7 Å².